The largest absolute Gasteiger partial charge is 0.378 e. The van der Waals surface area contributed by atoms with E-state index >= 15 is 0 Å². The average molecular weight is 292 g/mol. The van der Waals surface area contributed by atoms with Gasteiger partial charge in [-0.2, -0.15) is 0 Å². The fourth-order valence-electron chi connectivity index (χ4n) is 2.99. The minimum atomic E-state index is -0.0216. The number of hydrogen-bond acceptors (Lipinski definition) is 4. The molecule has 0 radical (unpaired) electrons. The number of aryl methyl sites for hydroxylation is 1. The molecule has 1 N–H and O–H groups in total. The van der Waals surface area contributed by atoms with Gasteiger partial charge in [0.2, 0.25) is 0 Å². The van der Waals surface area contributed by atoms with E-state index in [-0.39, 0.29) is 5.91 Å². The van der Waals surface area contributed by atoms with E-state index in [0.717, 1.165) is 51.5 Å². The number of rotatable bonds is 4. The highest BCUT2D eigenvalue weighted by atomic mass is 16.5. The Morgan fingerprint density at radius 3 is 2.62 bits per heavy atom. The van der Waals surface area contributed by atoms with Gasteiger partial charge in [-0.05, 0) is 6.07 Å². The Morgan fingerprint density at radius 1 is 1.33 bits per heavy atom. The number of piperazine rings is 1. The number of ether oxygens (including phenoxy) is 1. The van der Waals surface area contributed by atoms with Crippen LogP contribution in [-0.2, 0) is 18.3 Å². The van der Waals surface area contributed by atoms with Crippen LogP contribution < -0.4 is 5.32 Å². The van der Waals surface area contributed by atoms with Crippen LogP contribution in [-0.4, -0.2) is 72.8 Å². The van der Waals surface area contributed by atoms with Crippen molar-refractivity contribution in [2.45, 2.75) is 12.6 Å². The molecular formula is C15H24N4O2. The number of hydrogen-bond donors (Lipinski definition) is 1. The first-order chi connectivity index (χ1) is 10.2. The highest BCUT2D eigenvalue weighted by Crippen LogP contribution is 2.16. The Hall–Kier alpha value is -1.37. The lowest BCUT2D eigenvalue weighted by atomic mass is 10.2. The Bertz CT molecular complexity index is 502. The van der Waals surface area contributed by atoms with Gasteiger partial charge in [0, 0.05) is 58.7 Å². The summed E-state index contributed by atoms with van der Waals surface area (Å²) in [6.45, 7) is 7.08. The van der Waals surface area contributed by atoms with Gasteiger partial charge in [0.1, 0.15) is 0 Å². The van der Waals surface area contributed by atoms with Crippen molar-refractivity contribution in [1.29, 1.82) is 0 Å². The van der Waals surface area contributed by atoms with Crippen LogP contribution in [0.2, 0.25) is 0 Å². The van der Waals surface area contributed by atoms with E-state index in [2.05, 4.69) is 19.7 Å². The van der Waals surface area contributed by atoms with Gasteiger partial charge in [-0.3, -0.25) is 14.6 Å². The summed E-state index contributed by atoms with van der Waals surface area (Å²) in [5.74, 6) is -0.0216. The second kappa shape index (κ2) is 6.17. The van der Waals surface area contributed by atoms with Gasteiger partial charge in [-0.25, -0.2) is 0 Å². The normalized spacial score (nSPS) is 21.2. The molecule has 1 aromatic rings. The van der Waals surface area contributed by atoms with Crippen molar-refractivity contribution >= 4 is 5.91 Å². The number of nitrogens with one attached hydrogen (secondary N) is 1. The van der Waals surface area contributed by atoms with Gasteiger partial charge in [0.05, 0.1) is 24.8 Å². The summed E-state index contributed by atoms with van der Waals surface area (Å²) in [7, 11) is 3.67. The first kappa shape index (κ1) is 14.6. The molecule has 21 heavy (non-hydrogen) atoms. The smallest absolute Gasteiger partial charge is 0.252 e. The molecule has 2 aliphatic rings. The molecule has 0 saturated carbocycles. The van der Waals surface area contributed by atoms with E-state index in [9.17, 15) is 4.79 Å². The minimum absolute atomic E-state index is 0.0216. The van der Waals surface area contributed by atoms with Crippen LogP contribution in [0.15, 0.2) is 12.3 Å². The first-order valence-corrected chi connectivity index (χ1v) is 7.59. The molecule has 2 fully saturated rings. The van der Waals surface area contributed by atoms with E-state index in [1.54, 1.807) is 7.05 Å². The van der Waals surface area contributed by atoms with E-state index < -0.39 is 0 Å². The topological polar surface area (TPSA) is 49.7 Å². The Balaban J connectivity index is 1.55. The first-order valence-electron chi connectivity index (χ1n) is 7.59. The molecule has 116 valence electrons. The molecule has 0 bridgehead atoms. The van der Waals surface area contributed by atoms with Gasteiger partial charge in [0.15, 0.2) is 0 Å². The van der Waals surface area contributed by atoms with Gasteiger partial charge >= 0.3 is 0 Å². The van der Waals surface area contributed by atoms with Crippen LogP contribution in [0.25, 0.3) is 0 Å². The second-order valence-corrected chi connectivity index (χ2v) is 5.91. The van der Waals surface area contributed by atoms with E-state index in [4.69, 9.17) is 4.74 Å². The lowest BCUT2D eigenvalue weighted by Crippen LogP contribution is -2.56. The van der Waals surface area contributed by atoms with Gasteiger partial charge in [0.25, 0.3) is 5.91 Å². The van der Waals surface area contributed by atoms with Crippen LogP contribution in [0, 0.1) is 0 Å². The minimum Gasteiger partial charge on any atom is -0.378 e. The van der Waals surface area contributed by atoms with Crippen molar-refractivity contribution in [3.05, 3.63) is 23.5 Å². The van der Waals surface area contributed by atoms with Crippen LogP contribution in [0.5, 0.6) is 0 Å². The maximum absolute atomic E-state index is 11.7. The molecule has 2 aliphatic heterocycles. The summed E-state index contributed by atoms with van der Waals surface area (Å²) in [6.07, 6.45) is 1.90. The molecule has 1 aromatic heterocycles. The molecule has 2 saturated heterocycles. The van der Waals surface area contributed by atoms with E-state index in [1.165, 1.54) is 5.69 Å². The Labute approximate surface area is 125 Å². The van der Waals surface area contributed by atoms with Gasteiger partial charge < -0.3 is 14.6 Å². The van der Waals surface area contributed by atoms with Crippen LogP contribution in [0.4, 0.5) is 0 Å². The monoisotopic (exact) mass is 292 g/mol. The molecule has 3 rings (SSSR count). The summed E-state index contributed by atoms with van der Waals surface area (Å²) < 4.78 is 7.32. The number of nitrogens with zero attached hydrogens (tertiary/aromatic N) is 3. The molecule has 6 nitrogen and oxygen atoms in total. The summed E-state index contributed by atoms with van der Waals surface area (Å²) >= 11 is 0. The molecule has 0 aliphatic carbocycles. The van der Waals surface area contributed by atoms with Gasteiger partial charge in [-0.15, -0.1) is 0 Å². The second-order valence-electron chi connectivity index (χ2n) is 5.91. The van der Waals surface area contributed by atoms with Crippen LogP contribution in [0.3, 0.4) is 0 Å². The lowest BCUT2D eigenvalue weighted by molar-refractivity contribution is -0.0775. The fraction of sp³-hybridized carbons (Fsp3) is 0.667. The SMILES string of the molecule is CNC(=O)c1cc(CN2CCN(C3COC3)CC2)n(C)c1. The van der Waals surface area contributed by atoms with Crippen molar-refractivity contribution in [3.8, 4) is 0 Å². The molecule has 0 atom stereocenters. The summed E-state index contributed by atoms with van der Waals surface area (Å²) in [5.41, 5.74) is 1.93. The summed E-state index contributed by atoms with van der Waals surface area (Å²) in [5, 5.41) is 2.67. The highest BCUT2D eigenvalue weighted by molar-refractivity contribution is 5.94. The van der Waals surface area contributed by atoms with Crippen LogP contribution in [0.1, 0.15) is 16.1 Å². The highest BCUT2D eigenvalue weighted by Gasteiger charge is 2.28. The van der Waals surface area contributed by atoms with Crippen molar-refractivity contribution in [3.63, 3.8) is 0 Å². The Kier molecular flexibility index (Phi) is 4.28. The predicted molar refractivity (Wildman–Crippen MR) is 80.3 cm³/mol. The third kappa shape index (κ3) is 3.12. The molecule has 1 amide bonds. The Morgan fingerprint density at radius 2 is 2.05 bits per heavy atom. The number of carbonyl (C=O) groups excluding carboxylic acids is 1. The van der Waals surface area contributed by atoms with Crippen molar-refractivity contribution in [1.82, 2.24) is 19.7 Å². The third-order valence-electron chi connectivity index (χ3n) is 4.53. The van der Waals surface area contributed by atoms with Crippen molar-refractivity contribution in [2.75, 3.05) is 46.4 Å². The zero-order valence-corrected chi connectivity index (χ0v) is 12.8. The lowest BCUT2D eigenvalue weighted by Gasteiger charge is -2.42. The summed E-state index contributed by atoms with van der Waals surface area (Å²) in [6, 6.07) is 2.63. The molecule has 0 unspecified atom stereocenters. The standard InChI is InChI=1S/C15H24N4O2/c1-16-15(20)12-7-13(17(2)8-12)9-18-3-5-19(6-4-18)14-10-21-11-14/h7-8,14H,3-6,9-11H2,1-2H3,(H,16,20). The van der Waals surface area contributed by atoms with E-state index in [1.807, 2.05) is 19.3 Å². The van der Waals surface area contributed by atoms with E-state index in [0.29, 0.717) is 6.04 Å². The average Bonchev–Trinajstić information content (AvgIpc) is 2.79. The maximum atomic E-state index is 11.7. The zero-order chi connectivity index (χ0) is 14.8. The van der Waals surface area contributed by atoms with Crippen molar-refractivity contribution in [2.24, 2.45) is 7.05 Å². The molecule has 0 spiro atoms. The number of amides is 1. The fourth-order valence-corrected chi connectivity index (χ4v) is 2.99. The molecule has 6 heteroatoms. The molecule has 0 aromatic carbocycles. The summed E-state index contributed by atoms with van der Waals surface area (Å²) in [4.78, 5) is 16.7. The quantitative estimate of drug-likeness (QED) is 0.842. The number of aromatic nitrogens is 1. The van der Waals surface area contributed by atoms with Crippen LogP contribution >= 0.6 is 0 Å². The zero-order valence-electron chi connectivity index (χ0n) is 12.8. The van der Waals surface area contributed by atoms with Gasteiger partial charge in [-0.1, -0.05) is 0 Å². The number of carbonyl (C=O) groups is 1. The maximum Gasteiger partial charge on any atom is 0.252 e. The molecule has 3 heterocycles. The van der Waals surface area contributed by atoms with Crippen molar-refractivity contribution < 1.29 is 9.53 Å². The molecular weight excluding hydrogens is 268 g/mol. The predicted octanol–water partition coefficient (Wildman–Crippen LogP) is -0.0989. The third-order valence-corrected chi connectivity index (χ3v) is 4.53.